The van der Waals surface area contributed by atoms with E-state index in [4.69, 9.17) is 0 Å². The second kappa shape index (κ2) is 52.0. The second-order valence-electron chi connectivity index (χ2n) is 56.0. The zero-order valence-corrected chi connectivity index (χ0v) is 95.2. The van der Waals surface area contributed by atoms with Crippen molar-refractivity contribution in [3.63, 3.8) is 0 Å². The lowest BCUT2D eigenvalue weighted by molar-refractivity contribution is -0.193. The van der Waals surface area contributed by atoms with E-state index < -0.39 is 39.2 Å². The van der Waals surface area contributed by atoms with Crippen LogP contribution in [0.25, 0.3) is 0 Å². The molecule has 0 spiro atoms. The maximum Gasteiger partial charge on any atom is 0.0681 e. The van der Waals surface area contributed by atoms with Crippen LogP contribution >= 0.6 is 0 Å². The highest BCUT2D eigenvalue weighted by molar-refractivity contribution is 5.16. The molecule has 13 rings (SSSR count). The fourth-order valence-electron chi connectivity index (χ4n) is 27.5. The summed E-state index contributed by atoms with van der Waals surface area (Å²) in [4.78, 5) is 0. The lowest BCUT2D eigenvalue weighted by Gasteiger charge is -2.62. The van der Waals surface area contributed by atoms with Crippen molar-refractivity contribution in [2.45, 2.75) is 622 Å². The van der Waals surface area contributed by atoms with Crippen molar-refractivity contribution >= 4 is 0 Å². The zero-order chi connectivity index (χ0) is 101. The maximum absolute atomic E-state index is 10.5. The standard InChI is InChI=1S/C20H38O.C15H30O.C15H32O.C11H20O.2C10H18O.C10H20O.2C10H22O.C9H18O/c1-7-19(5,21)14-11-16-15(2)9-10-17-18(3,4)12-8-13-20(16,17)6;1-12(2)6-5-11-15(4,16)14-9-7-13(3)8-10-14;1-6-15(5,16)12-8-11-14(4)10-7-9-13(2)3;1-9(2)8-5-6-10(9,3)11(4,12)7-8;2*1-9(2)7-4-5-10(3,11)8(9)6-7;1-7(2)9-5-6-10(4,11)8(9)3;1-5-9(2)7-6-8-10(3,4)11;1-5-10(4,11)8-6-7-9(2)3;1-8(2)5-4-6-9(3,10)7-8/h15-17,21H,7-14H2,1-6H3;12-14,16H,5-11H2,1-4H3;13-14,16H,6-12H2,1-5H3;8,12H,5-7H2,1-4H3;2*7-8,11H,4-6H2,1-3H3;7-9,11H,5-6H2,1-4H3;2*9,11H,5-8H2,1-4H3;10H,4-7H2,1-3H3. The molecule has 0 aromatic heterocycles. The van der Waals surface area contributed by atoms with Gasteiger partial charge in [0.25, 0.3) is 0 Å². The molecular weight excluding hydrogens is 1600 g/mol. The topological polar surface area (TPSA) is 202 Å². The SMILES string of the molecule is CC(C)C1CCC(C)(O)C1C.CC(C)CCCC(C)(O)C1CCC(C)CC1.CC1(C)CCCC(C)(O)C1.CC1(O)CC2CCC1(C)C2(C)C.CC1(O)CCC2CC1C2(C)C.CC1(O)CCC2CC1C2(C)C.CCC(C)(O)CCC1C(C)CCC2C(C)(C)CCCC12C.CCC(C)(O)CCCC(C)C.CCC(C)(O)CCCC(C)CCCC(C)C.CCC(C)CCCC(C)(C)O. The minimum atomic E-state index is -0.465. The molecule has 0 aromatic carbocycles. The molecule has 10 heteroatoms. The van der Waals surface area contributed by atoms with E-state index in [1.165, 1.54) is 186 Å². The molecule has 23 unspecified atom stereocenters. The molecule has 0 amide bonds. The fraction of sp³-hybridized carbons (Fsp3) is 1.00. The van der Waals surface area contributed by atoms with Gasteiger partial charge in [-0.3, -0.25) is 0 Å². The zero-order valence-electron chi connectivity index (χ0n) is 95.2. The average Bonchev–Trinajstić information content (AvgIpc) is 1.46. The molecule has 0 aliphatic heterocycles. The highest BCUT2D eigenvalue weighted by Crippen LogP contribution is 2.70. The number of hydrogen-bond donors (Lipinski definition) is 10. The minimum Gasteiger partial charge on any atom is -0.390 e. The van der Waals surface area contributed by atoms with Crippen LogP contribution < -0.4 is 0 Å². The summed E-state index contributed by atoms with van der Waals surface area (Å²) in [5.41, 5.74) is -1.40. The Kier molecular flexibility index (Phi) is 50.3. The molecule has 0 radical (unpaired) electrons. The third-order valence-electron chi connectivity index (χ3n) is 39.5. The summed E-state index contributed by atoms with van der Waals surface area (Å²) in [6.45, 7) is 88.0. The van der Waals surface area contributed by atoms with Gasteiger partial charge in [-0.1, -0.05) is 310 Å². The molecule has 0 heterocycles. The van der Waals surface area contributed by atoms with Gasteiger partial charge in [-0.25, -0.2) is 0 Å². The highest BCUT2D eigenvalue weighted by atomic mass is 16.3. The van der Waals surface area contributed by atoms with Crippen LogP contribution in [0.5, 0.6) is 0 Å². The Labute approximate surface area is 812 Å². The predicted molar refractivity (Wildman–Crippen MR) is 564 cm³/mol. The first kappa shape index (κ1) is 126. The first-order chi connectivity index (χ1) is 58.9. The Morgan fingerprint density at radius 2 is 0.800 bits per heavy atom. The van der Waals surface area contributed by atoms with E-state index in [1.807, 2.05) is 76.2 Å². The van der Waals surface area contributed by atoms with Crippen molar-refractivity contribution in [2.24, 2.45) is 144 Å². The van der Waals surface area contributed by atoms with Crippen LogP contribution in [-0.2, 0) is 0 Å². The van der Waals surface area contributed by atoms with Crippen LogP contribution in [0.1, 0.15) is 566 Å². The van der Waals surface area contributed by atoms with Gasteiger partial charge in [0, 0.05) is 5.41 Å². The minimum absolute atomic E-state index is 0.157. The third-order valence-corrected chi connectivity index (χ3v) is 39.5. The number of fused-ring (bicyclic) bond motifs is 7. The Hall–Kier alpha value is -0.400. The van der Waals surface area contributed by atoms with E-state index in [0.29, 0.717) is 56.2 Å². The number of aliphatic hydroxyl groups is 10. The summed E-state index contributed by atoms with van der Waals surface area (Å²) in [6.07, 6.45) is 52.8. The molecule has 10 N–H and O–H groups in total. The van der Waals surface area contributed by atoms with Crippen LogP contribution in [-0.4, -0.2) is 107 Å². The van der Waals surface area contributed by atoms with Gasteiger partial charge in [0.1, 0.15) is 0 Å². The average molecular weight is 1840 g/mol. The van der Waals surface area contributed by atoms with Crippen molar-refractivity contribution in [3.8, 4) is 0 Å². The van der Waals surface area contributed by atoms with Gasteiger partial charge in [0.05, 0.1) is 56.0 Å². The molecule has 6 bridgehead atoms. The number of hydrogen-bond acceptors (Lipinski definition) is 10. The second-order valence-corrected chi connectivity index (χ2v) is 56.0. The molecule has 13 saturated carbocycles. The van der Waals surface area contributed by atoms with Gasteiger partial charge < -0.3 is 51.1 Å². The lowest BCUT2D eigenvalue weighted by atomic mass is 9.44. The molecule has 13 aliphatic carbocycles. The molecule has 13 aliphatic rings. The molecule has 778 valence electrons. The Balaban J connectivity index is 0.000000493. The Morgan fingerprint density at radius 1 is 0.385 bits per heavy atom. The Morgan fingerprint density at radius 3 is 1.14 bits per heavy atom. The first-order valence-corrected chi connectivity index (χ1v) is 56.1. The smallest absolute Gasteiger partial charge is 0.0681 e. The van der Waals surface area contributed by atoms with Crippen molar-refractivity contribution < 1.29 is 51.1 Å². The van der Waals surface area contributed by atoms with E-state index >= 15 is 0 Å². The van der Waals surface area contributed by atoms with E-state index in [-0.39, 0.29) is 22.2 Å². The predicted octanol–water partition coefficient (Wildman–Crippen LogP) is 32.7. The van der Waals surface area contributed by atoms with Crippen molar-refractivity contribution in [3.05, 3.63) is 0 Å². The van der Waals surface area contributed by atoms with E-state index in [1.54, 1.807) is 0 Å². The number of rotatable bonds is 29. The largest absolute Gasteiger partial charge is 0.390 e. The van der Waals surface area contributed by atoms with Gasteiger partial charge in [-0.15, -0.1) is 0 Å². The molecule has 130 heavy (non-hydrogen) atoms. The summed E-state index contributed by atoms with van der Waals surface area (Å²) >= 11 is 0. The highest BCUT2D eigenvalue weighted by Gasteiger charge is 2.67. The van der Waals surface area contributed by atoms with Gasteiger partial charge in [0.15, 0.2) is 0 Å². The van der Waals surface area contributed by atoms with E-state index in [0.717, 1.165) is 186 Å². The molecular formula is C120H238O10. The van der Waals surface area contributed by atoms with Gasteiger partial charge in [0.2, 0.25) is 0 Å². The molecule has 13 fully saturated rings. The summed E-state index contributed by atoms with van der Waals surface area (Å²) in [5, 5.41) is 99.8. The van der Waals surface area contributed by atoms with Crippen LogP contribution in [0.15, 0.2) is 0 Å². The normalized spacial score (nSPS) is 36.5. The van der Waals surface area contributed by atoms with E-state index in [2.05, 4.69) is 201 Å². The quantitative estimate of drug-likeness (QED) is 0.0343. The Bertz CT molecular complexity index is 2970. The third kappa shape index (κ3) is 39.8. The summed E-state index contributed by atoms with van der Waals surface area (Å²) < 4.78 is 0. The van der Waals surface area contributed by atoms with Crippen LogP contribution in [0.3, 0.4) is 0 Å². The van der Waals surface area contributed by atoms with Crippen LogP contribution in [0.4, 0.5) is 0 Å². The summed E-state index contributed by atoms with van der Waals surface area (Å²) in [6, 6.07) is 0. The van der Waals surface area contributed by atoms with Gasteiger partial charge in [-0.05, 0) is 395 Å². The van der Waals surface area contributed by atoms with E-state index in [9.17, 15) is 51.1 Å². The van der Waals surface area contributed by atoms with Crippen molar-refractivity contribution in [2.75, 3.05) is 0 Å². The first-order valence-electron chi connectivity index (χ1n) is 56.1. The summed E-state index contributed by atoms with van der Waals surface area (Å²) in [7, 11) is 0. The monoisotopic (exact) mass is 1840 g/mol. The fourth-order valence-corrected chi connectivity index (χ4v) is 27.5. The molecule has 23 atom stereocenters. The lowest BCUT2D eigenvalue weighted by Crippen LogP contribution is -2.60. The summed E-state index contributed by atoms with van der Waals surface area (Å²) in [5.74, 6) is 13.5. The van der Waals surface area contributed by atoms with Crippen LogP contribution in [0.2, 0.25) is 0 Å². The molecule has 0 saturated heterocycles. The van der Waals surface area contributed by atoms with Gasteiger partial charge >= 0.3 is 0 Å². The van der Waals surface area contributed by atoms with Gasteiger partial charge in [-0.2, -0.15) is 0 Å². The van der Waals surface area contributed by atoms with Crippen LogP contribution in [0, 0.1) is 144 Å². The van der Waals surface area contributed by atoms with Crippen molar-refractivity contribution in [1.82, 2.24) is 0 Å². The van der Waals surface area contributed by atoms with Crippen molar-refractivity contribution in [1.29, 1.82) is 0 Å². The molecule has 0 aromatic rings. The molecule has 10 nitrogen and oxygen atoms in total. The maximum atomic E-state index is 10.5.